The summed E-state index contributed by atoms with van der Waals surface area (Å²) in [6.45, 7) is 20.8. The molecule has 0 aliphatic heterocycles. The number of hydrogen-bond donors (Lipinski definition) is 0. The Kier molecular flexibility index (Phi) is 5.76. The van der Waals surface area contributed by atoms with E-state index >= 15 is 0 Å². The maximum absolute atomic E-state index is 2.48. The van der Waals surface area contributed by atoms with Gasteiger partial charge in [-0.2, -0.15) is 0 Å². The molecule has 0 bridgehead atoms. The molecule has 0 radical (unpaired) electrons. The SMILES string of the molecule is CCC(C)(CC)c1ccc(-n2c3cc(C(C)(C)C)ccc3c3ccc(C(C)(C)C)cc32)cc1. The fourth-order valence-electron chi connectivity index (χ4n) is 4.90. The highest BCUT2D eigenvalue weighted by atomic mass is 15.0. The molecule has 0 aliphatic rings. The maximum Gasteiger partial charge on any atom is 0.0544 e. The van der Waals surface area contributed by atoms with Crippen molar-refractivity contribution in [3.63, 3.8) is 0 Å². The highest BCUT2D eigenvalue weighted by Gasteiger charge is 2.23. The average molecular weight is 440 g/mol. The van der Waals surface area contributed by atoms with E-state index in [0.29, 0.717) is 0 Å². The summed E-state index contributed by atoms with van der Waals surface area (Å²) in [4.78, 5) is 0. The van der Waals surface area contributed by atoms with Gasteiger partial charge in [0.05, 0.1) is 11.0 Å². The summed E-state index contributed by atoms with van der Waals surface area (Å²) >= 11 is 0. The van der Waals surface area contributed by atoms with Crippen LogP contribution in [0.15, 0.2) is 60.7 Å². The van der Waals surface area contributed by atoms with Crippen LogP contribution in [0.3, 0.4) is 0 Å². The number of benzene rings is 3. The molecule has 1 heterocycles. The lowest BCUT2D eigenvalue weighted by Crippen LogP contribution is -2.19. The lowest BCUT2D eigenvalue weighted by molar-refractivity contribution is 0.439. The van der Waals surface area contributed by atoms with E-state index in [-0.39, 0.29) is 16.2 Å². The Hall–Kier alpha value is -2.54. The van der Waals surface area contributed by atoms with Crippen LogP contribution in [0.1, 0.15) is 91.8 Å². The first-order valence-corrected chi connectivity index (χ1v) is 12.6. The van der Waals surface area contributed by atoms with Crippen LogP contribution < -0.4 is 0 Å². The summed E-state index contributed by atoms with van der Waals surface area (Å²) in [6.07, 6.45) is 2.31. The van der Waals surface area contributed by atoms with Crippen molar-refractivity contribution in [1.29, 1.82) is 0 Å². The first-order chi connectivity index (χ1) is 15.4. The molecule has 33 heavy (non-hydrogen) atoms. The molecule has 174 valence electrons. The van der Waals surface area contributed by atoms with Gasteiger partial charge in [0.2, 0.25) is 0 Å². The standard InChI is InChI=1S/C32H41N/c1-10-32(9,11-2)22-12-16-25(17-13-22)33-28-20-23(30(3,4)5)14-18-26(28)27-19-15-24(21-29(27)33)31(6,7)8/h12-21H,10-11H2,1-9H3. The van der Waals surface area contributed by atoms with Gasteiger partial charge >= 0.3 is 0 Å². The topological polar surface area (TPSA) is 4.93 Å². The minimum Gasteiger partial charge on any atom is -0.309 e. The third-order valence-electron chi connectivity index (χ3n) is 7.88. The highest BCUT2D eigenvalue weighted by Crippen LogP contribution is 2.38. The molecule has 0 amide bonds. The molecule has 0 unspecified atom stereocenters. The molecule has 1 nitrogen and oxygen atoms in total. The molecule has 0 saturated heterocycles. The van der Waals surface area contributed by atoms with Crippen molar-refractivity contribution in [3.8, 4) is 5.69 Å². The van der Waals surface area contributed by atoms with E-state index in [1.165, 1.54) is 44.2 Å². The summed E-state index contributed by atoms with van der Waals surface area (Å²) in [5.74, 6) is 0. The van der Waals surface area contributed by atoms with Gasteiger partial charge in [0.1, 0.15) is 0 Å². The lowest BCUT2D eigenvalue weighted by Gasteiger charge is -2.27. The van der Waals surface area contributed by atoms with E-state index < -0.39 is 0 Å². The molecular formula is C32H41N. The van der Waals surface area contributed by atoms with Gasteiger partial charge in [-0.05, 0) is 70.0 Å². The van der Waals surface area contributed by atoms with Gasteiger partial charge in [-0.25, -0.2) is 0 Å². The van der Waals surface area contributed by atoms with Gasteiger partial charge < -0.3 is 4.57 Å². The Morgan fingerprint density at radius 3 is 1.30 bits per heavy atom. The van der Waals surface area contributed by atoms with E-state index in [1.54, 1.807) is 0 Å². The van der Waals surface area contributed by atoms with Gasteiger partial charge in [-0.3, -0.25) is 0 Å². The molecule has 0 aliphatic carbocycles. The number of rotatable bonds is 4. The third kappa shape index (κ3) is 4.12. The van der Waals surface area contributed by atoms with E-state index in [9.17, 15) is 0 Å². The van der Waals surface area contributed by atoms with E-state index in [4.69, 9.17) is 0 Å². The fraction of sp³-hybridized carbons (Fsp3) is 0.438. The van der Waals surface area contributed by atoms with Crippen molar-refractivity contribution < 1.29 is 0 Å². The number of aromatic nitrogens is 1. The summed E-state index contributed by atoms with van der Waals surface area (Å²) in [7, 11) is 0. The molecule has 0 atom stereocenters. The molecular weight excluding hydrogens is 398 g/mol. The quantitative estimate of drug-likeness (QED) is 0.298. The predicted molar refractivity (Wildman–Crippen MR) is 146 cm³/mol. The molecule has 0 saturated carbocycles. The molecule has 4 rings (SSSR count). The van der Waals surface area contributed by atoms with Crippen LogP contribution >= 0.6 is 0 Å². The average Bonchev–Trinajstić information content (AvgIpc) is 3.10. The molecule has 0 fully saturated rings. The summed E-state index contributed by atoms with van der Waals surface area (Å²) in [5, 5.41) is 2.66. The Balaban J connectivity index is 2.03. The Bertz CT molecular complexity index is 1210. The number of hydrogen-bond acceptors (Lipinski definition) is 0. The molecule has 1 heteroatoms. The van der Waals surface area contributed by atoms with E-state index in [2.05, 4.69) is 128 Å². The third-order valence-corrected chi connectivity index (χ3v) is 7.88. The van der Waals surface area contributed by atoms with Crippen LogP contribution in [-0.4, -0.2) is 4.57 Å². The Morgan fingerprint density at radius 1 is 0.545 bits per heavy atom. The summed E-state index contributed by atoms with van der Waals surface area (Å²) in [5.41, 5.74) is 8.47. The van der Waals surface area contributed by atoms with Gasteiger partial charge in [0.15, 0.2) is 0 Å². The van der Waals surface area contributed by atoms with Crippen molar-refractivity contribution in [2.24, 2.45) is 0 Å². The van der Waals surface area contributed by atoms with Gasteiger partial charge in [0.25, 0.3) is 0 Å². The predicted octanol–water partition coefficient (Wildman–Crippen LogP) is 9.46. The molecule has 1 aromatic heterocycles. The Labute approximate surface area is 200 Å². The lowest BCUT2D eigenvalue weighted by atomic mass is 9.78. The van der Waals surface area contributed by atoms with Gasteiger partial charge in [-0.15, -0.1) is 0 Å². The first kappa shape index (κ1) is 23.6. The van der Waals surface area contributed by atoms with Crippen LogP contribution in [0.5, 0.6) is 0 Å². The second kappa shape index (κ2) is 8.05. The Morgan fingerprint density at radius 2 is 0.939 bits per heavy atom. The van der Waals surface area contributed by atoms with E-state index in [1.807, 2.05) is 0 Å². The van der Waals surface area contributed by atoms with Gasteiger partial charge in [-0.1, -0.05) is 98.7 Å². The van der Waals surface area contributed by atoms with E-state index in [0.717, 1.165) is 12.8 Å². The van der Waals surface area contributed by atoms with Gasteiger partial charge in [0, 0.05) is 16.5 Å². The second-order valence-corrected chi connectivity index (χ2v) is 12.1. The van der Waals surface area contributed by atoms with Crippen LogP contribution in [0.25, 0.3) is 27.5 Å². The first-order valence-electron chi connectivity index (χ1n) is 12.6. The van der Waals surface area contributed by atoms with Crippen molar-refractivity contribution in [3.05, 3.63) is 77.4 Å². The van der Waals surface area contributed by atoms with Crippen LogP contribution in [0.4, 0.5) is 0 Å². The molecule has 0 spiro atoms. The monoisotopic (exact) mass is 439 g/mol. The van der Waals surface area contributed by atoms with Crippen molar-refractivity contribution in [1.82, 2.24) is 4.57 Å². The summed E-state index contributed by atoms with van der Waals surface area (Å²) in [6, 6.07) is 23.4. The minimum atomic E-state index is 0.111. The largest absolute Gasteiger partial charge is 0.309 e. The van der Waals surface area contributed by atoms with Crippen molar-refractivity contribution in [2.75, 3.05) is 0 Å². The fourth-order valence-corrected chi connectivity index (χ4v) is 4.90. The smallest absolute Gasteiger partial charge is 0.0544 e. The molecule has 4 aromatic rings. The maximum atomic E-state index is 2.48. The van der Waals surface area contributed by atoms with Crippen LogP contribution in [-0.2, 0) is 16.2 Å². The zero-order valence-corrected chi connectivity index (χ0v) is 22.1. The summed E-state index contributed by atoms with van der Waals surface area (Å²) < 4.78 is 2.48. The second-order valence-electron chi connectivity index (χ2n) is 12.1. The van der Waals surface area contributed by atoms with Crippen LogP contribution in [0.2, 0.25) is 0 Å². The number of fused-ring (bicyclic) bond motifs is 3. The minimum absolute atomic E-state index is 0.111. The van der Waals surface area contributed by atoms with Crippen LogP contribution in [0, 0.1) is 0 Å². The number of nitrogens with zero attached hydrogens (tertiary/aromatic N) is 1. The van der Waals surface area contributed by atoms with Crippen molar-refractivity contribution >= 4 is 21.8 Å². The molecule has 0 N–H and O–H groups in total. The zero-order valence-electron chi connectivity index (χ0n) is 22.1. The normalized spacial score (nSPS) is 13.2. The molecule has 3 aromatic carbocycles. The highest BCUT2D eigenvalue weighted by molar-refractivity contribution is 6.09. The zero-order chi connectivity index (χ0) is 24.2. The van der Waals surface area contributed by atoms with Crippen molar-refractivity contribution in [2.45, 2.75) is 91.4 Å².